The van der Waals surface area contributed by atoms with Gasteiger partial charge in [-0.2, -0.15) is 0 Å². The maximum atomic E-state index is 5.63. The van der Waals surface area contributed by atoms with E-state index in [2.05, 4.69) is 21.9 Å². The number of hydrogen-bond donors (Lipinski definition) is 2. The van der Waals surface area contributed by atoms with Crippen LogP contribution in [0.2, 0.25) is 0 Å². The number of methoxy groups -OCH3 is 1. The third-order valence-corrected chi connectivity index (χ3v) is 2.97. The second kappa shape index (κ2) is 6.14. The van der Waals surface area contributed by atoms with Gasteiger partial charge in [-0.1, -0.05) is 6.92 Å². The van der Waals surface area contributed by atoms with Crippen molar-refractivity contribution in [2.75, 3.05) is 7.11 Å². The number of nitrogens with two attached hydrogens (primary N) is 1. The predicted molar refractivity (Wildman–Crippen MR) is 68.3 cm³/mol. The number of rotatable bonds is 7. The first-order valence-electron chi connectivity index (χ1n) is 6.06. The molecule has 0 spiro atoms. The molecule has 1 unspecified atom stereocenters. The summed E-state index contributed by atoms with van der Waals surface area (Å²) in [4.78, 5) is 4.39. The van der Waals surface area contributed by atoms with Crippen molar-refractivity contribution in [3.05, 3.63) is 18.2 Å². The van der Waals surface area contributed by atoms with Crippen molar-refractivity contribution < 1.29 is 4.74 Å². The maximum Gasteiger partial charge on any atom is 0.127 e. The Morgan fingerprint density at radius 1 is 1.59 bits per heavy atom. The lowest BCUT2D eigenvalue weighted by Crippen LogP contribution is -2.36. The fraction of sp³-hybridized carbons (Fsp3) is 0.750. The summed E-state index contributed by atoms with van der Waals surface area (Å²) in [5.41, 5.74) is 2.61. The van der Waals surface area contributed by atoms with E-state index < -0.39 is 0 Å². The third-order valence-electron chi connectivity index (χ3n) is 2.97. The minimum atomic E-state index is -0.222. The van der Waals surface area contributed by atoms with Crippen LogP contribution >= 0.6 is 0 Å². The average molecular weight is 240 g/mol. The first-order valence-corrected chi connectivity index (χ1v) is 6.06. The van der Waals surface area contributed by atoms with E-state index in [4.69, 9.17) is 10.6 Å². The fourth-order valence-electron chi connectivity index (χ4n) is 1.86. The Hall–Kier alpha value is -0.910. The lowest BCUT2D eigenvalue weighted by molar-refractivity contribution is 0.00579. The second-order valence-corrected chi connectivity index (χ2v) is 4.87. The molecule has 5 heteroatoms. The van der Waals surface area contributed by atoms with E-state index in [1.54, 1.807) is 7.11 Å². The topological polar surface area (TPSA) is 65.1 Å². The van der Waals surface area contributed by atoms with E-state index in [0.717, 1.165) is 25.2 Å². The Morgan fingerprint density at radius 3 is 2.82 bits per heavy atom. The van der Waals surface area contributed by atoms with Gasteiger partial charge in [-0.05, 0) is 26.7 Å². The van der Waals surface area contributed by atoms with E-state index in [1.807, 2.05) is 26.2 Å². The summed E-state index contributed by atoms with van der Waals surface area (Å²) in [5, 5.41) is 0. The summed E-state index contributed by atoms with van der Waals surface area (Å²) in [6, 6.07) is 0.00602. The molecule has 0 fully saturated rings. The number of imidazole rings is 1. The van der Waals surface area contributed by atoms with E-state index in [1.165, 1.54) is 0 Å². The van der Waals surface area contributed by atoms with Crippen LogP contribution in [0.3, 0.4) is 0 Å². The van der Waals surface area contributed by atoms with Crippen molar-refractivity contribution in [1.29, 1.82) is 0 Å². The highest BCUT2D eigenvalue weighted by Crippen LogP contribution is 2.24. The van der Waals surface area contributed by atoms with Gasteiger partial charge in [0, 0.05) is 26.0 Å². The van der Waals surface area contributed by atoms with Gasteiger partial charge in [0.1, 0.15) is 5.82 Å². The van der Waals surface area contributed by atoms with Crippen LogP contribution in [0.5, 0.6) is 0 Å². The zero-order chi connectivity index (χ0) is 12.9. The highest BCUT2D eigenvalue weighted by atomic mass is 16.5. The number of aryl methyl sites for hydroxylation is 1. The lowest BCUT2D eigenvalue weighted by atomic mass is 9.98. The standard InChI is InChI=1S/C12H24N4O/c1-5-7-16-8-6-14-11(16)10(15-13)9-12(2,3)17-4/h6,8,10,15H,5,7,9,13H2,1-4H3. The molecule has 1 aromatic rings. The molecule has 0 aliphatic rings. The maximum absolute atomic E-state index is 5.63. The number of aromatic nitrogens is 2. The first-order chi connectivity index (χ1) is 8.04. The van der Waals surface area contributed by atoms with Gasteiger partial charge < -0.3 is 9.30 Å². The highest BCUT2D eigenvalue weighted by Gasteiger charge is 2.25. The van der Waals surface area contributed by atoms with Crippen LogP contribution in [-0.4, -0.2) is 22.3 Å². The van der Waals surface area contributed by atoms with Gasteiger partial charge in [-0.15, -0.1) is 0 Å². The molecule has 0 aliphatic carbocycles. The SMILES string of the molecule is CCCn1ccnc1C(CC(C)(C)OC)NN. The average Bonchev–Trinajstić information content (AvgIpc) is 2.75. The van der Waals surface area contributed by atoms with Crippen molar-refractivity contribution >= 4 is 0 Å². The second-order valence-electron chi connectivity index (χ2n) is 4.87. The van der Waals surface area contributed by atoms with Gasteiger partial charge >= 0.3 is 0 Å². The van der Waals surface area contributed by atoms with Gasteiger partial charge in [0.2, 0.25) is 0 Å². The summed E-state index contributed by atoms with van der Waals surface area (Å²) >= 11 is 0. The Morgan fingerprint density at radius 2 is 2.29 bits per heavy atom. The van der Waals surface area contributed by atoms with Crippen LogP contribution in [0, 0.1) is 0 Å². The molecule has 0 aliphatic heterocycles. The number of nitrogens with one attached hydrogen (secondary N) is 1. The van der Waals surface area contributed by atoms with E-state index in [9.17, 15) is 0 Å². The van der Waals surface area contributed by atoms with Gasteiger partial charge in [-0.3, -0.25) is 5.84 Å². The van der Waals surface area contributed by atoms with Crippen LogP contribution in [-0.2, 0) is 11.3 Å². The summed E-state index contributed by atoms with van der Waals surface area (Å²) in [6.45, 7) is 7.20. The number of ether oxygens (including phenoxy) is 1. The summed E-state index contributed by atoms with van der Waals surface area (Å²) < 4.78 is 7.57. The fourth-order valence-corrected chi connectivity index (χ4v) is 1.86. The molecular weight excluding hydrogens is 216 g/mol. The molecule has 98 valence electrons. The normalized spacial score (nSPS) is 13.9. The van der Waals surface area contributed by atoms with Crippen LogP contribution < -0.4 is 11.3 Å². The molecule has 0 radical (unpaired) electrons. The zero-order valence-electron chi connectivity index (χ0n) is 11.2. The van der Waals surface area contributed by atoms with Gasteiger partial charge in [0.25, 0.3) is 0 Å². The van der Waals surface area contributed by atoms with Crippen LogP contribution in [0.4, 0.5) is 0 Å². The van der Waals surface area contributed by atoms with E-state index in [0.29, 0.717) is 0 Å². The van der Waals surface area contributed by atoms with Crippen LogP contribution in [0.1, 0.15) is 45.5 Å². The molecule has 0 aromatic carbocycles. The molecule has 1 atom stereocenters. The van der Waals surface area contributed by atoms with Crippen molar-refractivity contribution in [2.24, 2.45) is 5.84 Å². The van der Waals surface area contributed by atoms with Gasteiger partial charge in [0.15, 0.2) is 0 Å². The molecule has 17 heavy (non-hydrogen) atoms. The molecule has 5 nitrogen and oxygen atoms in total. The molecule has 1 heterocycles. The molecule has 0 bridgehead atoms. The Bertz CT molecular complexity index is 335. The molecule has 3 N–H and O–H groups in total. The molecule has 1 aromatic heterocycles. The monoisotopic (exact) mass is 240 g/mol. The van der Waals surface area contributed by atoms with Crippen molar-refractivity contribution in [3.63, 3.8) is 0 Å². The number of hydrogen-bond acceptors (Lipinski definition) is 4. The van der Waals surface area contributed by atoms with E-state index >= 15 is 0 Å². The van der Waals surface area contributed by atoms with Crippen LogP contribution in [0.25, 0.3) is 0 Å². The van der Waals surface area contributed by atoms with Gasteiger partial charge in [-0.25, -0.2) is 10.4 Å². The Balaban J connectivity index is 2.82. The quantitative estimate of drug-likeness (QED) is 0.561. The van der Waals surface area contributed by atoms with Crippen molar-refractivity contribution in [1.82, 2.24) is 15.0 Å². The predicted octanol–water partition coefficient (Wildman–Crippen LogP) is 1.61. The zero-order valence-corrected chi connectivity index (χ0v) is 11.2. The first kappa shape index (κ1) is 14.2. The largest absolute Gasteiger partial charge is 0.379 e. The minimum absolute atomic E-state index is 0.00602. The van der Waals surface area contributed by atoms with Crippen molar-refractivity contribution in [3.8, 4) is 0 Å². The molecular formula is C12H24N4O. The van der Waals surface area contributed by atoms with Crippen LogP contribution in [0.15, 0.2) is 12.4 Å². The molecule has 1 rings (SSSR count). The third kappa shape index (κ3) is 3.80. The molecule has 0 amide bonds. The Labute approximate surface area is 103 Å². The molecule has 0 saturated carbocycles. The van der Waals surface area contributed by atoms with E-state index in [-0.39, 0.29) is 11.6 Å². The summed E-state index contributed by atoms with van der Waals surface area (Å²) in [5.74, 6) is 6.60. The lowest BCUT2D eigenvalue weighted by Gasteiger charge is -2.28. The Kier molecular flexibility index (Phi) is 5.11. The number of nitrogens with zero attached hydrogens (tertiary/aromatic N) is 2. The summed E-state index contributed by atoms with van der Waals surface area (Å²) in [6.07, 6.45) is 5.66. The summed E-state index contributed by atoms with van der Waals surface area (Å²) in [7, 11) is 1.71. The van der Waals surface area contributed by atoms with Gasteiger partial charge in [0.05, 0.1) is 11.6 Å². The van der Waals surface area contributed by atoms with Crippen molar-refractivity contribution in [2.45, 2.75) is 51.8 Å². The minimum Gasteiger partial charge on any atom is -0.379 e. The number of hydrazine groups is 1. The highest BCUT2D eigenvalue weighted by molar-refractivity contribution is 5.01. The molecule has 0 saturated heterocycles. The smallest absolute Gasteiger partial charge is 0.127 e.